The van der Waals surface area contributed by atoms with Crippen LogP contribution in [0, 0.1) is 18.6 Å². The van der Waals surface area contributed by atoms with Crippen molar-refractivity contribution >= 4 is 22.5 Å². The Bertz CT molecular complexity index is 1190. The molecule has 0 aliphatic rings. The van der Waals surface area contributed by atoms with Crippen molar-refractivity contribution in [1.29, 1.82) is 0 Å². The molecule has 0 radical (unpaired) electrons. The molecule has 0 N–H and O–H groups in total. The van der Waals surface area contributed by atoms with Gasteiger partial charge in [-0.1, -0.05) is 17.7 Å². The van der Waals surface area contributed by atoms with Crippen LogP contribution in [-0.4, -0.2) is 19.6 Å². The standard InChI is InChI=1S/C19H13ClF2N4O/c1-11-14-9-23-26(13-7-5-12(21)6-8-13)18(14)19(27)25(24-11)10-15-16(20)3-2-4-17(15)22/h2-9H,10H2,1H3. The third-order valence-corrected chi connectivity index (χ3v) is 4.66. The third-order valence-electron chi connectivity index (χ3n) is 4.31. The van der Waals surface area contributed by atoms with Crippen molar-refractivity contribution in [3.63, 3.8) is 0 Å². The van der Waals surface area contributed by atoms with Crippen LogP contribution >= 0.6 is 11.6 Å². The molecule has 0 spiro atoms. The molecule has 0 saturated carbocycles. The number of benzene rings is 2. The molecule has 5 nitrogen and oxygen atoms in total. The number of aromatic nitrogens is 4. The molecule has 2 heterocycles. The highest BCUT2D eigenvalue weighted by molar-refractivity contribution is 6.31. The van der Waals surface area contributed by atoms with Crippen LogP contribution in [0.25, 0.3) is 16.6 Å². The lowest BCUT2D eigenvalue weighted by molar-refractivity contribution is 0.571. The van der Waals surface area contributed by atoms with Crippen LogP contribution in [0.3, 0.4) is 0 Å². The predicted molar refractivity (Wildman–Crippen MR) is 98.3 cm³/mol. The molecule has 4 aromatic rings. The molecule has 0 unspecified atom stereocenters. The van der Waals surface area contributed by atoms with Crippen LogP contribution in [0.15, 0.2) is 53.5 Å². The Hall–Kier alpha value is -3.06. The molecule has 0 aliphatic carbocycles. The van der Waals surface area contributed by atoms with E-state index in [1.165, 1.54) is 47.3 Å². The van der Waals surface area contributed by atoms with E-state index >= 15 is 0 Å². The van der Waals surface area contributed by atoms with Gasteiger partial charge in [0.2, 0.25) is 0 Å². The zero-order chi connectivity index (χ0) is 19.1. The van der Waals surface area contributed by atoms with E-state index in [0.29, 0.717) is 16.8 Å². The molecule has 0 amide bonds. The van der Waals surface area contributed by atoms with Gasteiger partial charge in [-0.15, -0.1) is 0 Å². The fourth-order valence-corrected chi connectivity index (χ4v) is 3.16. The van der Waals surface area contributed by atoms with Crippen molar-refractivity contribution in [3.05, 3.63) is 86.9 Å². The highest BCUT2D eigenvalue weighted by Crippen LogP contribution is 2.21. The number of hydrogen-bond donors (Lipinski definition) is 0. The summed E-state index contributed by atoms with van der Waals surface area (Å²) >= 11 is 6.07. The fourth-order valence-electron chi connectivity index (χ4n) is 2.94. The van der Waals surface area contributed by atoms with Gasteiger partial charge in [0.05, 0.1) is 24.1 Å². The van der Waals surface area contributed by atoms with E-state index in [0.717, 1.165) is 4.68 Å². The molecule has 0 saturated heterocycles. The summed E-state index contributed by atoms with van der Waals surface area (Å²) in [4.78, 5) is 13.0. The maximum Gasteiger partial charge on any atom is 0.293 e. The first kappa shape index (κ1) is 17.4. The smallest absolute Gasteiger partial charge is 0.265 e. The van der Waals surface area contributed by atoms with E-state index in [1.807, 2.05) is 0 Å². The van der Waals surface area contributed by atoms with Gasteiger partial charge in [0, 0.05) is 16.0 Å². The van der Waals surface area contributed by atoms with E-state index in [4.69, 9.17) is 11.6 Å². The normalized spacial score (nSPS) is 11.3. The summed E-state index contributed by atoms with van der Waals surface area (Å²) in [5, 5.41) is 9.29. The van der Waals surface area contributed by atoms with Crippen molar-refractivity contribution in [2.75, 3.05) is 0 Å². The van der Waals surface area contributed by atoms with Gasteiger partial charge in [0.15, 0.2) is 0 Å². The van der Waals surface area contributed by atoms with Crippen LogP contribution in [0.4, 0.5) is 8.78 Å². The molecule has 8 heteroatoms. The summed E-state index contributed by atoms with van der Waals surface area (Å²) in [6, 6.07) is 9.95. The van der Waals surface area contributed by atoms with Crippen molar-refractivity contribution in [2.24, 2.45) is 0 Å². The molecule has 2 aromatic carbocycles. The molecule has 0 aliphatic heterocycles. The topological polar surface area (TPSA) is 52.7 Å². The third kappa shape index (κ3) is 3.00. The Morgan fingerprint density at radius 2 is 1.85 bits per heavy atom. The summed E-state index contributed by atoms with van der Waals surface area (Å²) in [6.07, 6.45) is 1.53. The van der Waals surface area contributed by atoms with E-state index < -0.39 is 11.4 Å². The molecular formula is C19H13ClF2N4O. The second-order valence-electron chi connectivity index (χ2n) is 6.04. The van der Waals surface area contributed by atoms with Crippen molar-refractivity contribution in [3.8, 4) is 5.69 Å². The lowest BCUT2D eigenvalue weighted by Crippen LogP contribution is -2.26. The molecule has 0 bridgehead atoms. The van der Waals surface area contributed by atoms with Gasteiger partial charge in [-0.3, -0.25) is 4.79 Å². The van der Waals surface area contributed by atoms with Crippen molar-refractivity contribution in [1.82, 2.24) is 19.6 Å². The number of aryl methyl sites for hydroxylation is 1. The van der Waals surface area contributed by atoms with Gasteiger partial charge < -0.3 is 0 Å². The Labute approximate surface area is 157 Å². The Morgan fingerprint density at radius 3 is 2.56 bits per heavy atom. The number of rotatable bonds is 3. The Morgan fingerprint density at radius 1 is 1.11 bits per heavy atom. The van der Waals surface area contributed by atoms with Crippen LogP contribution in [-0.2, 0) is 6.54 Å². The lowest BCUT2D eigenvalue weighted by atomic mass is 10.2. The zero-order valence-electron chi connectivity index (χ0n) is 14.2. The molecule has 136 valence electrons. The molecule has 0 atom stereocenters. The van der Waals surface area contributed by atoms with Crippen LogP contribution in [0.2, 0.25) is 5.02 Å². The zero-order valence-corrected chi connectivity index (χ0v) is 14.9. The van der Waals surface area contributed by atoms with Crippen molar-refractivity contribution < 1.29 is 8.78 Å². The average Bonchev–Trinajstić information content (AvgIpc) is 3.09. The minimum Gasteiger partial charge on any atom is -0.265 e. The second-order valence-corrected chi connectivity index (χ2v) is 6.45. The highest BCUT2D eigenvalue weighted by atomic mass is 35.5. The molecule has 27 heavy (non-hydrogen) atoms. The lowest BCUT2D eigenvalue weighted by Gasteiger charge is -2.10. The van der Waals surface area contributed by atoms with E-state index in [9.17, 15) is 13.6 Å². The van der Waals surface area contributed by atoms with E-state index in [-0.39, 0.29) is 28.5 Å². The summed E-state index contributed by atoms with van der Waals surface area (Å²) in [6.45, 7) is 1.62. The minimum atomic E-state index is -0.513. The molecule has 4 rings (SSSR count). The largest absolute Gasteiger partial charge is 0.293 e. The summed E-state index contributed by atoms with van der Waals surface area (Å²) in [5.74, 6) is -0.902. The fraction of sp³-hybridized carbons (Fsp3) is 0.105. The Balaban J connectivity index is 1.91. The summed E-state index contributed by atoms with van der Waals surface area (Å²) < 4.78 is 29.9. The first-order valence-corrected chi connectivity index (χ1v) is 8.48. The highest BCUT2D eigenvalue weighted by Gasteiger charge is 2.17. The van der Waals surface area contributed by atoms with Gasteiger partial charge >= 0.3 is 0 Å². The van der Waals surface area contributed by atoms with E-state index in [1.54, 1.807) is 13.0 Å². The minimum absolute atomic E-state index is 0.115. The Kier molecular flexibility index (Phi) is 4.24. The number of halogens is 3. The maximum atomic E-state index is 14.1. The molecule has 0 fully saturated rings. The number of hydrogen-bond acceptors (Lipinski definition) is 3. The first-order chi connectivity index (χ1) is 13.0. The number of nitrogens with zero attached hydrogens (tertiary/aromatic N) is 4. The van der Waals surface area contributed by atoms with Gasteiger partial charge in [-0.25, -0.2) is 18.1 Å². The van der Waals surface area contributed by atoms with Crippen LogP contribution in [0.5, 0.6) is 0 Å². The molecular weight excluding hydrogens is 374 g/mol. The average molecular weight is 387 g/mol. The quantitative estimate of drug-likeness (QED) is 0.537. The predicted octanol–water partition coefficient (Wildman–Crippen LogP) is 3.87. The summed E-state index contributed by atoms with van der Waals surface area (Å²) in [7, 11) is 0. The maximum absolute atomic E-state index is 14.1. The monoisotopic (exact) mass is 386 g/mol. The van der Waals surface area contributed by atoms with Gasteiger partial charge in [-0.2, -0.15) is 10.2 Å². The van der Waals surface area contributed by atoms with Crippen LogP contribution < -0.4 is 5.56 Å². The van der Waals surface area contributed by atoms with Crippen LogP contribution in [0.1, 0.15) is 11.3 Å². The second kappa shape index (κ2) is 6.59. The van der Waals surface area contributed by atoms with Crippen molar-refractivity contribution in [2.45, 2.75) is 13.5 Å². The SMILES string of the molecule is Cc1nn(Cc2c(F)cccc2Cl)c(=O)c2c1cnn2-c1ccc(F)cc1. The van der Waals surface area contributed by atoms with Gasteiger partial charge in [0.1, 0.15) is 17.2 Å². The summed E-state index contributed by atoms with van der Waals surface area (Å²) in [5.41, 5.74) is 1.11. The number of fused-ring (bicyclic) bond motifs is 1. The first-order valence-electron chi connectivity index (χ1n) is 8.10. The van der Waals surface area contributed by atoms with E-state index in [2.05, 4.69) is 10.2 Å². The van der Waals surface area contributed by atoms with Gasteiger partial charge in [-0.05, 0) is 43.3 Å². The van der Waals surface area contributed by atoms with Gasteiger partial charge in [0.25, 0.3) is 5.56 Å². The molecule has 2 aromatic heterocycles.